The molecule has 0 spiro atoms. The molecule has 1 saturated carbocycles. The molecule has 0 bridgehead atoms. The van der Waals surface area contributed by atoms with E-state index < -0.39 is 10.0 Å². The molecule has 118 valence electrons. The minimum atomic E-state index is -3.47. The molecular weight excluding hydrogens is 284 g/mol. The molecule has 21 heavy (non-hydrogen) atoms. The van der Waals surface area contributed by atoms with Gasteiger partial charge in [-0.2, -0.15) is 0 Å². The zero-order valence-electron chi connectivity index (χ0n) is 13.1. The fraction of sp³-hybridized carbons (Fsp3) is 0.625. The first kappa shape index (κ1) is 16.3. The van der Waals surface area contributed by atoms with E-state index in [-0.39, 0.29) is 6.04 Å². The fourth-order valence-electron chi connectivity index (χ4n) is 2.84. The number of para-hydroxylation sites is 1. The first-order chi connectivity index (χ1) is 9.88. The van der Waals surface area contributed by atoms with Crippen LogP contribution in [0, 0.1) is 5.41 Å². The van der Waals surface area contributed by atoms with E-state index in [0.717, 1.165) is 13.0 Å². The van der Waals surface area contributed by atoms with Crippen LogP contribution in [0.4, 0.5) is 5.69 Å². The largest absolute Gasteiger partial charge is 0.383 e. The fourth-order valence-corrected chi connectivity index (χ4v) is 4.27. The third kappa shape index (κ3) is 3.77. The van der Waals surface area contributed by atoms with Crippen LogP contribution in [0.3, 0.4) is 0 Å². The minimum absolute atomic E-state index is 0.114. The standard InChI is InChI=1S/C16H26N2O2S/c1-4-16(10-7-11-16)12-17-14-8-5-6-9-15(14)21(19,20)18-13(2)3/h5-6,8-9,13,17-18H,4,7,10-12H2,1-3H3. The molecule has 0 heterocycles. The van der Waals surface area contributed by atoms with Gasteiger partial charge in [0.15, 0.2) is 0 Å². The number of benzene rings is 1. The van der Waals surface area contributed by atoms with Crippen molar-refractivity contribution in [3.63, 3.8) is 0 Å². The van der Waals surface area contributed by atoms with Crippen molar-refractivity contribution in [3.05, 3.63) is 24.3 Å². The highest BCUT2D eigenvalue weighted by Crippen LogP contribution is 2.43. The number of hydrogen-bond donors (Lipinski definition) is 2. The molecule has 5 heteroatoms. The molecule has 0 unspecified atom stereocenters. The topological polar surface area (TPSA) is 58.2 Å². The predicted octanol–water partition coefficient (Wildman–Crippen LogP) is 3.37. The third-order valence-corrected chi connectivity index (χ3v) is 6.10. The van der Waals surface area contributed by atoms with Crippen molar-refractivity contribution in [1.82, 2.24) is 4.72 Å². The summed E-state index contributed by atoms with van der Waals surface area (Å²) in [4.78, 5) is 0.337. The highest BCUT2D eigenvalue weighted by molar-refractivity contribution is 7.89. The molecule has 0 atom stereocenters. The van der Waals surface area contributed by atoms with Crippen LogP contribution in [0.5, 0.6) is 0 Å². The summed E-state index contributed by atoms with van der Waals surface area (Å²) >= 11 is 0. The molecule has 0 saturated heterocycles. The van der Waals surface area contributed by atoms with Crippen LogP contribution in [-0.2, 0) is 10.0 Å². The Morgan fingerprint density at radius 3 is 2.43 bits per heavy atom. The van der Waals surface area contributed by atoms with Crippen molar-refractivity contribution in [2.24, 2.45) is 5.41 Å². The van der Waals surface area contributed by atoms with E-state index in [1.165, 1.54) is 19.3 Å². The highest BCUT2D eigenvalue weighted by Gasteiger charge is 2.35. The maximum atomic E-state index is 12.4. The van der Waals surface area contributed by atoms with Crippen molar-refractivity contribution >= 4 is 15.7 Å². The summed E-state index contributed by atoms with van der Waals surface area (Å²) in [5, 5.41) is 3.37. The number of nitrogens with one attached hydrogen (secondary N) is 2. The Bertz CT molecular complexity index is 572. The zero-order valence-corrected chi connectivity index (χ0v) is 14.0. The van der Waals surface area contributed by atoms with Gasteiger partial charge in [-0.1, -0.05) is 25.5 Å². The van der Waals surface area contributed by atoms with Crippen molar-refractivity contribution in [2.45, 2.75) is 57.4 Å². The van der Waals surface area contributed by atoms with Gasteiger partial charge in [0.25, 0.3) is 0 Å². The van der Waals surface area contributed by atoms with Gasteiger partial charge in [-0.25, -0.2) is 13.1 Å². The van der Waals surface area contributed by atoms with Crippen molar-refractivity contribution in [2.75, 3.05) is 11.9 Å². The smallest absolute Gasteiger partial charge is 0.242 e. The van der Waals surface area contributed by atoms with Crippen molar-refractivity contribution < 1.29 is 8.42 Å². The Kier molecular flexibility index (Phi) is 4.94. The lowest BCUT2D eigenvalue weighted by Crippen LogP contribution is -2.36. The van der Waals surface area contributed by atoms with Crippen LogP contribution in [0.2, 0.25) is 0 Å². The molecule has 1 aliphatic carbocycles. The van der Waals surface area contributed by atoms with Crippen LogP contribution in [0.15, 0.2) is 29.2 Å². The molecule has 0 aromatic heterocycles. The summed E-state index contributed by atoms with van der Waals surface area (Å²) in [6.07, 6.45) is 4.88. The van der Waals surface area contributed by atoms with Gasteiger partial charge < -0.3 is 5.32 Å². The maximum Gasteiger partial charge on any atom is 0.242 e. The quantitative estimate of drug-likeness (QED) is 0.812. The summed E-state index contributed by atoms with van der Waals surface area (Å²) in [7, 11) is -3.47. The maximum absolute atomic E-state index is 12.4. The van der Waals surface area contributed by atoms with E-state index in [0.29, 0.717) is 16.0 Å². The lowest BCUT2D eigenvalue weighted by atomic mass is 9.67. The molecule has 0 radical (unpaired) electrons. The Hall–Kier alpha value is -1.07. The molecule has 2 N–H and O–H groups in total. The zero-order chi connectivity index (χ0) is 15.5. The van der Waals surface area contributed by atoms with Gasteiger partial charge in [0.1, 0.15) is 4.90 Å². The van der Waals surface area contributed by atoms with Gasteiger partial charge >= 0.3 is 0 Å². The number of rotatable bonds is 7. The summed E-state index contributed by atoms with van der Waals surface area (Å²) in [6.45, 7) is 6.71. The van der Waals surface area contributed by atoms with Crippen LogP contribution in [0.25, 0.3) is 0 Å². The second-order valence-electron chi connectivity index (χ2n) is 6.33. The Balaban J connectivity index is 2.17. The number of anilines is 1. The molecule has 1 fully saturated rings. The van der Waals surface area contributed by atoms with Crippen LogP contribution in [0.1, 0.15) is 46.5 Å². The summed E-state index contributed by atoms with van der Waals surface area (Å²) in [6, 6.07) is 7.02. The van der Waals surface area contributed by atoms with Gasteiger partial charge in [0.2, 0.25) is 10.0 Å². The van der Waals surface area contributed by atoms with Crippen molar-refractivity contribution in [3.8, 4) is 0 Å². The predicted molar refractivity (Wildman–Crippen MR) is 87.0 cm³/mol. The van der Waals surface area contributed by atoms with Crippen molar-refractivity contribution in [1.29, 1.82) is 0 Å². The van der Waals surface area contributed by atoms with Crippen LogP contribution >= 0.6 is 0 Å². The Morgan fingerprint density at radius 2 is 1.90 bits per heavy atom. The first-order valence-electron chi connectivity index (χ1n) is 7.74. The monoisotopic (exact) mass is 310 g/mol. The SMILES string of the molecule is CCC1(CNc2ccccc2S(=O)(=O)NC(C)C)CCC1. The van der Waals surface area contributed by atoms with E-state index in [9.17, 15) is 8.42 Å². The third-order valence-electron chi connectivity index (χ3n) is 4.39. The number of hydrogen-bond acceptors (Lipinski definition) is 3. The number of sulfonamides is 1. The second-order valence-corrected chi connectivity index (χ2v) is 8.02. The minimum Gasteiger partial charge on any atom is -0.383 e. The van der Waals surface area contributed by atoms with Crippen LogP contribution < -0.4 is 10.0 Å². The lowest BCUT2D eigenvalue weighted by Gasteiger charge is -2.41. The van der Waals surface area contributed by atoms with Gasteiger partial charge in [0, 0.05) is 12.6 Å². The van der Waals surface area contributed by atoms with Crippen LogP contribution in [-0.4, -0.2) is 21.0 Å². The molecule has 0 aliphatic heterocycles. The first-order valence-corrected chi connectivity index (χ1v) is 9.22. The van der Waals surface area contributed by atoms with E-state index in [1.54, 1.807) is 12.1 Å². The van der Waals surface area contributed by atoms with Gasteiger partial charge in [-0.05, 0) is 50.7 Å². The molecular formula is C16H26N2O2S. The average Bonchev–Trinajstić information content (AvgIpc) is 2.37. The van der Waals surface area contributed by atoms with Gasteiger partial charge in [-0.3, -0.25) is 0 Å². The molecule has 1 aromatic rings. The second kappa shape index (κ2) is 6.36. The summed E-state index contributed by atoms with van der Waals surface area (Å²) in [5.74, 6) is 0. The summed E-state index contributed by atoms with van der Waals surface area (Å²) < 4.78 is 27.4. The Labute approximate surface area is 128 Å². The van der Waals surface area contributed by atoms with E-state index >= 15 is 0 Å². The molecule has 1 aromatic carbocycles. The summed E-state index contributed by atoms with van der Waals surface area (Å²) in [5.41, 5.74) is 1.05. The average molecular weight is 310 g/mol. The van der Waals surface area contributed by atoms with E-state index in [4.69, 9.17) is 0 Å². The van der Waals surface area contributed by atoms with Gasteiger partial charge in [-0.15, -0.1) is 0 Å². The molecule has 0 amide bonds. The van der Waals surface area contributed by atoms with E-state index in [2.05, 4.69) is 17.0 Å². The lowest BCUT2D eigenvalue weighted by molar-refractivity contribution is 0.145. The normalized spacial score (nSPS) is 17.5. The Morgan fingerprint density at radius 1 is 1.24 bits per heavy atom. The molecule has 2 rings (SSSR count). The van der Waals surface area contributed by atoms with E-state index in [1.807, 2.05) is 26.0 Å². The molecule has 1 aliphatic rings. The van der Waals surface area contributed by atoms with Gasteiger partial charge in [0.05, 0.1) is 5.69 Å². The molecule has 4 nitrogen and oxygen atoms in total. The highest BCUT2D eigenvalue weighted by atomic mass is 32.2.